The van der Waals surface area contributed by atoms with E-state index in [1.807, 2.05) is 48.0 Å². The maximum Gasteiger partial charge on any atom is 0.127 e. The summed E-state index contributed by atoms with van der Waals surface area (Å²) in [4.78, 5) is 0. The quantitative estimate of drug-likeness (QED) is 0.527. The molecule has 0 saturated heterocycles. The van der Waals surface area contributed by atoms with E-state index < -0.39 is 0 Å². The molecule has 1 aliphatic rings. The number of nitrogens with zero attached hydrogens (tertiary/aromatic N) is 4. The molecule has 0 bridgehead atoms. The van der Waals surface area contributed by atoms with Gasteiger partial charge in [-0.2, -0.15) is 5.10 Å². The Kier molecular flexibility index (Phi) is 4.21. The summed E-state index contributed by atoms with van der Waals surface area (Å²) in [6, 6.07) is 19.6. The van der Waals surface area contributed by atoms with Crippen LogP contribution in [0.3, 0.4) is 0 Å². The third-order valence-electron chi connectivity index (χ3n) is 5.22. The van der Waals surface area contributed by atoms with Crippen LogP contribution in [0.15, 0.2) is 65.8 Å². The molecule has 4 aromatic rings. The number of fused-ring (bicyclic) bond motifs is 1. The molecule has 5 rings (SSSR count). The van der Waals surface area contributed by atoms with Crippen LogP contribution in [0.25, 0.3) is 16.7 Å². The van der Waals surface area contributed by atoms with Gasteiger partial charge < -0.3 is 10.5 Å². The van der Waals surface area contributed by atoms with E-state index in [0.29, 0.717) is 17.0 Å². The first-order valence-electron chi connectivity index (χ1n) is 9.32. The molecule has 0 fully saturated rings. The number of hydrogen-bond donors (Lipinski definition) is 2. The number of hydrogen-bond acceptors (Lipinski definition) is 5. The summed E-state index contributed by atoms with van der Waals surface area (Å²) >= 11 is 6.16. The standard InChI is InChI=1S/C22H18ClN5O/c1-13-10-15(23)11-17(22(13)29)20-12-19(24-25-20)14-6-8-16(9-7-14)28-21-5-3-2-4-18(21)26-27-28/h2-11,19,24,29H,12H2,1H3. The monoisotopic (exact) mass is 403 g/mol. The van der Waals surface area contributed by atoms with Crippen molar-refractivity contribution in [2.24, 2.45) is 5.10 Å². The number of aromatic nitrogens is 3. The van der Waals surface area contributed by atoms with E-state index in [1.165, 1.54) is 0 Å². The van der Waals surface area contributed by atoms with Crippen molar-refractivity contribution >= 4 is 28.3 Å². The minimum atomic E-state index is 0.0326. The summed E-state index contributed by atoms with van der Waals surface area (Å²) in [5, 5.41) is 23.9. The summed E-state index contributed by atoms with van der Waals surface area (Å²) in [7, 11) is 0. The van der Waals surface area contributed by atoms with Crippen LogP contribution >= 0.6 is 11.6 Å². The van der Waals surface area contributed by atoms with Gasteiger partial charge in [0.05, 0.1) is 23.0 Å². The molecule has 0 amide bonds. The van der Waals surface area contributed by atoms with E-state index in [-0.39, 0.29) is 11.8 Å². The molecule has 1 unspecified atom stereocenters. The van der Waals surface area contributed by atoms with Crippen molar-refractivity contribution in [3.8, 4) is 11.4 Å². The molecule has 2 heterocycles. The van der Waals surface area contributed by atoms with E-state index in [4.69, 9.17) is 11.6 Å². The molecule has 144 valence electrons. The van der Waals surface area contributed by atoms with Crippen LogP contribution in [0, 0.1) is 6.92 Å². The van der Waals surface area contributed by atoms with Gasteiger partial charge in [0.2, 0.25) is 0 Å². The van der Waals surface area contributed by atoms with Crippen LogP contribution in [-0.4, -0.2) is 25.8 Å². The zero-order valence-corrected chi connectivity index (χ0v) is 16.4. The van der Waals surface area contributed by atoms with Crippen molar-refractivity contribution < 1.29 is 5.11 Å². The van der Waals surface area contributed by atoms with E-state index in [1.54, 1.807) is 12.1 Å². The van der Waals surface area contributed by atoms with Crippen molar-refractivity contribution in [3.63, 3.8) is 0 Å². The SMILES string of the molecule is Cc1cc(Cl)cc(C2=NNC(c3ccc(-n4nnc5ccccc54)cc3)C2)c1O. The van der Waals surface area contributed by atoms with Gasteiger partial charge in [-0.3, -0.25) is 0 Å². The molecular weight excluding hydrogens is 386 g/mol. The summed E-state index contributed by atoms with van der Waals surface area (Å²) in [5.41, 5.74) is 9.27. The highest BCUT2D eigenvalue weighted by molar-refractivity contribution is 6.31. The maximum absolute atomic E-state index is 10.4. The molecule has 1 aliphatic heterocycles. The van der Waals surface area contributed by atoms with Gasteiger partial charge in [-0.05, 0) is 54.4 Å². The summed E-state index contributed by atoms with van der Waals surface area (Å²) in [6.07, 6.45) is 0.666. The fourth-order valence-corrected chi connectivity index (χ4v) is 3.94. The third kappa shape index (κ3) is 3.11. The van der Waals surface area contributed by atoms with Gasteiger partial charge in [0, 0.05) is 17.0 Å². The molecular formula is C22H18ClN5O. The smallest absolute Gasteiger partial charge is 0.127 e. The number of halogens is 1. The van der Waals surface area contributed by atoms with Crippen molar-refractivity contribution in [3.05, 3.63) is 82.4 Å². The van der Waals surface area contributed by atoms with Crippen molar-refractivity contribution in [1.29, 1.82) is 0 Å². The van der Waals surface area contributed by atoms with Crippen LogP contribution in [-0.2, 0) is 0 Å². The Morgan fingerprint density at radius 2 is 1.90 bits per heavy atom. The highest BCUT2D eigenvalue weighted by Crippen LogP contribution is 2.32. The topological polar surface area (TPSA) is 75.3 Å². The van der Waals surface area contributed by atoms with E-state index in [0.717, 1.165) is 33.6 Å². The van der Waals surface area contributed by atoms with Gasteiger partial charge in [0.25, 0.3) is 0 Å². The Balaban J connectivity index is 1.38. The number of phenolic OH excluding ortho intramolecular Hbond substituents is 1. The largest absolute Gasteiger partial charge is 0.507 e. The molecule has 29 heavy (non-hydrogen) atoms. The van der Waals surface area contributed by atoms with Crippen LogP contribution in [0.2, 0.25) is 5.02 Å². The van der Waals surface area contributed by atoms with Crippen molar-refractivity contribution in [2.75, 3.05) is 0 Å². The molecule has 7 heteroatoms. The van der Waals surface area contributed by atoms with Crippen LogP contribution in [0.5, 0.6) is 5.75 Å². The van der Waals surface area contributed by atoms with E-state index >= 15 is 0 Å². The van der Waals surface area contributed by atoms with Gasteiger partial charge in [0.1, 0.15) is 11.3 Å². The van der Waals surface area contributed by atoms with Gasteiger partial charge in [-0.1, -0.05) is 41.1 Å². The fraction of sp³-hybridized carbons (Fsp3) is 0.136. The average Bonchev–Trinajstić information content (AvgIpc) is 3.38. The lowest BCUT2D eigenvalue weighted by atomic mass is 9.97. The molecule has 0 radical (unpaired) electrons. The van der Waals surface area contributed by atoms with Crippen molar-refractivity contribution in [2.45, 2.75) is 19.4 Å². The Morgan fingerprint density at radius 1 is 1.10 bits per heavy atom. The molecule has 0 spiro atoms. The molecule has 1 aromatic heterocycles. The summed E-state index contributed by atoms with van der Waals surface area (Å²) in [5.74, 6) is 0.226. The fourth-order valence-electron chi connectivity index (χ4n) is 3.67. The predicted octanol–water partition coefficient (Wildman–Crippen LogP) is 4.53. The second kappa shape index (κ2) is 6.90. The van der Waals surface area contributed by atoms with Crippen LogP contribution < -0.4 is 5.43 Å². The number of phenols is 1. The summed E-state index contributed by atoms with van der Waals surface area (Å²) < 4.78 is 1.83. The minimum absolute atomic E-state index is 0.0326. The first kappa shape index (κ1) is 17.7. The Labute approximate surface area is 172 Å². The van der Waals surface area contributed by atoms with Crippen LogP contribution in [0.4, 0.5) is 0 Å². The Hall–Kier alpha value is -3.38. The lowest BCUT2D eigenvalue weighted by molar-refractivity contribution is 0.470. The zero-order valence-electron chi connectivity index (χ0n) is 15.7. The van der Waals surface area contributed by atoms with Gasteiger partial charge >= 0.3 is 0 Å². The molecule has 3 aromatic carbocycles. The number of hydrazone groups is 1. The lowest BCUT2D eigenvalue weighted by Crippen LogP contribution is -2.10. The summed E-state index contributed by atoms with van der Waals surface area (Å²) in [6.45, 7) is 1.83. The molecule has 1 atom stereocenters. The Bertz CT molecular complexity index is 1250. The third-order valence-corrected chi connectivity index (χ3v) is 5.44. The van der Waals surface area contributed by atoms with Gasteiger partial charge in [-0.25, -0.2) is 4.68 Å². The van der Waals surface area contributed by atoms with E-state index in [2.05, 4.69) is 33.0 Å². The van der Waals surface area contributed by atoms with Crippen molar-refractivity contribution in [1.82, 2.24) is 20.4 Å². The lowest BCUT2D eigenvalue weighted by Gasteiger charge is -2.12. The molecule has 6 nitrogen and oxygen atoms in total. The number of para-hydroxylation sites is 1. The highest BCUT2D eigenvalue weighted by Gasteiger charge is 2.24. The van der Waals surface area contributed by atoms with Gasteiger partial charge in [-0.15, -0.1) is 5.10 Å². The zero-order chi connectivity index (χ0) is 20.0. The van der Waals surface area contributed by atoms with Crippen LogP contribution in [0.1, 0.15) is 29.2 Å². The second-order valence-corrected chi connectivity index (χ2v) is 7.58. The minimum Gasteiger partial charge on any atom is -0.507 e. The highest BCUT2D eigenvalue weighted by atomic mass is 35.5. The number of nitrogens with one attached hydrogen (secondary N) is 1. The molecule has 2 N–H and O–H groups in total. The first-order valence-corrected chi connectivity index (χ1v) is 9.70. The maximum atomic E-state index is 10.4. The van der Waals surface area contributed by atoms with E-state index in [9.17, 15) is 5.11 Å². The number of aryl methyl sites for hydroxylation is 1. The van der Waals surface area contributed by atoms with Gasteiger partial charge in [0.15, 0.2) is 0 Å². The molecule has 0 aliphatic carbocycles. The second-order valence-electron chi connectivity index (χ2n) is 7.14. The number of aromatic hydroxyl groups is 1. The number of benzene rings is 3. The average molecular weight is 404 g/mol. The predicted molar refractivity (Wildman–Crippen MR) is 114 cm³/mol. The number of rotatable bonds is 3. The first-order chi connectivity index (χ1) is 14.1. The Morgan fingerprint density at radius 3 is 2.72 bits per heavy atom. The molecule has 0 saturated carbocycles. The normalized spacial score (nSPS) is 16.1.